The van der Waals surface area contributed by atoms with Crippen LogP contribution in [0.3, 0.4) is 0 Å². The third-order valence-electron chi connectivity index (χ3n) is 2.54. The van der Waals surface area contributed by atoms with Crippen molar-refractivity contribution in [2.24, 2.45) is 5.92 Å². The first-order valence-corrected chi connectivity index (χ1v) is 6.27. The van der Waals surface area contributed by atoms with Gasteiger partial charge in [-0.15, -0.1) is 0 Å². The Balaban J connectivity index is 2.33. The van der Waals surface area contributed by atoms with Crippen LogP contribution in [-0.4, -0.2) is 32.5 Å². The van der Waals surface area contributed by atoms with Crippen molar-refractivity contribution in [2.75, 3.05) is 6.54 Å². The zero-order chi connectivity index (χ0) is 12.8. The highest BCUT2D eigenvalue weighted by Crippen LogP contribution is 2.06. The van der Waals surface area contributed by atoms with Crippen LogP contribution in [0.4, 0.5) is 0 Å². The highest BCUT2D eigenvalue weighted by molar-refractivity contribution is 4.85. The molecule has 1 heterocycles. The van der Waals surface area contributed by atoms with Crippen LogP contribution >= 0.6 is 0 Å². The maximum absolute atomic E-state index is 9.72. The molecule has 0 aliphatic carbocycles. The third kappa shape index (κ3) is 4.83. The Morgan fingerprint density at radius 2 is 2.06 bits per heavy atom. The minimum Gasteiger partial charge on any atom is -0.392 e. The van der Waals surface area contributed by atoms with E-state index in [0.717, 1.165) is 12.2 Å². The molecule has 0 fully saturated rings. The molecular formula is C12H24N4O. The Morgan fingerprint density at radius 1 is 1.35 bits per heavy atom. The minimum atomic E-state index is -0.287. The van der Waals surface area contributed by atoms with Gasteiger partial charge in [-0.1, -0.05) is 13.8 Å². The third-order valence-corrected chi connectivity index (χ3v) is 2.54. The Hall–Kier alpha value is -0.940. The molecule has 0 radical (unpaired) electrons. The SMILES string of the molecule is CC(C)CC(O)CNCc1ncnn1C(C)C. The van der Waals surface area contributed by atoms with Crippen molar-refractivity contribution < 1.29 is 5.11 Å². The van der Waals surface area contributed by atoms with E-state index < -0.39 is 0 Å². The molecule has 0 saturated heterocycles. The maximum atomic E-state index is 9.72. The molecule has 2 N–H and O–H groups in total. The molecule has 98 valence electrons. The summed E-state index contributed by atoms with van der Waals surface area (Å²) in [7, 11) is 0. The van der Waals surface area contributed by atoms with Crippen LogP contribution in [0.15, 0.2) is 6.33 Å². The molecule has 1 atom stereocenters. The lowest BCUT2D eigenvalue weighted by Crippen LogP contribution is -2.28. The van der Waals surface area contributed by atoms with Gasteiger partial charge in [-0.2, -0.15) is 5.10 Å². The van der Waals surface area contributed by atoms with E-state index in [1.54, 1.807) is 6.33 Å². The number of hydrogen-bond acceptors (Lipinski definition) is 4. The molecule has 0 amide bonds. The van der Waals surface area contributed by atoms with Crippen LogP contribution in [0.1, 0.15) is 46.0 Å². The molecule has 5 heteroatoms. The van der Waals surface area contributed by atoms with Crippen LogP contribution < -0.4 is 5.32 Å². The zero-order valence-electron chi connectivity index (χ0n) is 11.2. The normalized spacial score (nSPS) is 13.6. The van der Waals surface area contributed by atoms with Crippen LogP contribution in [0, 0.1) is 5.92 Å². The summed E-state index contributed by atoms with van der Waals surface area (Å²) < 4.78 is 1.89. The van der Waals surface area contributed by atoms with Gasteiger partial charge in [-0.05, 0) is 26.2 Å². The summed E-state index contributed by atoms with van der Waals surface area (Å²) in [5.74, 6) is 1.43. The molecule has 1 aromatic rings. The molecule has 17 heavy (non-hydrogen) atoms. The highest BCUT2D eigenvalue weighted by atomic mass is 16.3. The van der Waals surface area contributed by atoms with Gasteiger partial charge < -0.3 is 10.4 Å². The number of aromatic nitrogens is 3. The predicted octanol–water partition coefficient (Wildman–Crippen LogP) is 1.36. The monoisotopic (exact) mass is 240 g/mol. The second-order valence-corrected chi connectivity index (χ2v) is 5.13. The van der Waals surface area contributed by atoms with Gasteiger partial charge in [0.05, 0.1) is 12.6 Å². The van der Waals surface area contributed by atoms with Gasteiger partial charge in [-0.3, -0.25) is 0 Å². The average Bonchev–Trinajstić information content (AvgIpc) is 2.64. The fourth-order valence-electron chi connectivity index (χ4n) is 1.81. The summed E-state index contributed by atoms with van der Waals surface area (Å²) in [5.41, 5.74) is 0. The molecule has 0 aromatic carbocycles. The Labute approximate surface area is 103 Å². The summed E-state index contributed by atoms with van der Waals surface area (Å²) in [5, 5.41) is 17.1. The molecule has 1 rings (SSSR count). The number of aliphatic hydroxyl groups excluding tert-OH is 1. The second-order valence-electron chi connectivity index (χ2n) is 5.13. The molecule has 0 saturated carbocycles. The zero-order valence-corrected chi connectivity index (χ0v) is 11.2. The predicted molar refractivity (Wildman–Crippen MR) is 67.6 cm³/mol. The van der Waals surface area contributed by atoms with Crippen molar-refractivity contribution in [1.82, 2.24) is 20.1 Å². The van der Waals surface area contributed by atoms with Crippen molar-refractivity contribution in [3.05, 3.63) is 12.2 Å². The van der Waals surface area contributed by atoms with Gasteiger partial charge in [-0.25, -0.2) is 9.67 Å². The Bertz CT molecular complexity index is 322. The van der Waals surface area contributed by atoms with Gasteiger partial charge in [0, 0.05) is 12.6 Å². The lowest BCUT2D eigenvalue weighted by atomic mass is 10.1. The Morgan fingerprint density at radius 3 is 2.65 bits per heavy atom. The quantitative estimate of drug-likeness (QED) is 0.755. The van der Waals surface area contributed by atoms with Crippen molar-refractivity contribution in [2.45, 2.75) is 52.8 Å². The second kappa shape index (κ2) is 6.71. The standard InChI is InChI=1S/C12H24N4O/c1-9(2)5-11(17)6-13-7-12-14-8-15-16(12)10(3)4/h8-11,13,17H,5-7H2,1-4H3. The molecule has 0 spiro atoms. The smallest absolute Gasteiger partial charge is 0.141 e. The summed E-state index contributed by atoms with van der Waals surface area (Å²) in [6, 6.07) is 0.315. The molecule has 0 bridgehead atoms. The van der Waals surface area contributed by atoms with Gasteiger partial charge in [0.1, 0.15) is 12.2 Å². The number of aliphatic hydroxyl groups is 1. The summed E-state index contributed by atoms with van der Waals surface area (Å²) in [4.78, 5) is 4.20. The first-order chi connectivity index (χ1) is 8.00. The van der Waals surface area contributed by atoms with E-state index in [0.29, 0.717) is 25.0 Å². The van der Waals surface area contributed by atoms with Crippen LogP contribution in [0.5, 0.6) is 0 Å². The van der Waals surface area contributed by atoms with Crippen LogP contribution in [0.2, 0.25) is 0 Å². The lowest BCUT2D eigenvalue weighted by Gasteiger charge is -2.14. The maximum Gasteiger partial charge on any atom is 0.141 e. The van der Waals surface area contributed by atoms with Crippen molar-refractivity contribution in [3.63, 3.8) is 0 Å². The molecule has 1 unspecified atom stereocenters. The topological polar surface area (TPSA) is 63.0 Å². The molecule has 0 aliphatic heterocycles. The number of rotatable bonds is 7. The average molecular weight is 240 g/mol. The molecule has 0 aliphatic rings. The van der Waals surface area contributed by atoms with E-state index in [1.165, 1.54) is 0 Å². The number of hydrogen-bond donors (Lipinski definition) is 2. The number of nitrogens with zero attached hydrogens (tertiary/aromatic N) is 3. The molecule has 1 aromatic heterocycles. The van der Waals surface area contributed by atoms with Crippen molar-refractivity contribution in [3.8, 4) is 0 Å². The molecular weight excluding hydrogens is 216 g/mol. The van der Waals surface area contributed by atoms with Crippen LogP contribution in [0.25, 0.3) is 0 Å². The highest BCUT2D eigenvalue weighted by Gasteiger charge is 2.09. The van der Waals surface area contributed by atoms with Crippen molar-refractivity contribution >= 4 is 0 Å². The Kier molecular flexibility index (Phi) is 5.58. The van der Waals surface area contributed by atoms with E-state index in [-0.39, 0.29) is 6.10 Å². The van der Waals surface area contributed by atoms with Gasteiger partial charge >= 0.3 is 0 Å². The van der Waals surface area contributed by atoms with Gasteiger partial charge in [0.15, 0.2) is 0 Å². The number of nitrogens with one attached hydrogen (secondary N) is 1. The fraction of sp³-hybridized carbons (Fsp3) is 0.833. The van der Waals surface area contributed by atoms with E-state index in [9.17, 15) is 5.11 Å². The van der Waals surface area contributed by atoms with E-state index in [1.807, 2.05) is 4.68 Å². The lowest BCUT2D eigenvalue weighted by molar-refractivity contribution is 0.145. The first kappa shape index (κ1) is 14.1. The van der Waals surface area contributed by atoms with E-state index >= 15 is 0 Å². The van der Waals surface area contributed by atoms with Gasteiger partial charge in [0.2, 0.25) is 0 Å². The minimum absolute atomic E-state index is 0.287. The first-order valence-electron chi connectivity index (χ1n) is 6.27. The van der Waals surface area contributed by atoms with Crippen molar-refractivity contribution in [1.29, 1.82) is 0 Å². The largest absolute Gasteiger partial charge is 0.392 e. The van der Waals surface area contributed by atoms with Crippen LogP contribution in [-0.2, 0) is 6.54 Å². The summed E-state index contributed by atoms with van der Waals surface area (Å²) in [6.07, 6.45) is 2.11. The summed E-state index contributed by atoms with van der Waals surface area (Å²) >= 11 is 0. The fourth-order valence-corrected chi connectivity index (χ4v) is 1.81. The molecule has 5 nitrogen and oxygen atoms in total. The summed E-state index contributed by atoms with van der Waals surface area (Å²) in [6.45, 7) is 9.62. The van der Waals surface area contributed by atoms with E-state index in [2.05, 4.69) is 43.1 Å². The van der Waals surface area contributed by atoms with E-state index in [4.69, 9.17) is 0 Å². The van der Waals surface area contributed by atoms with Gasteiger partial charge in [0.25, 0.3) is 0 Å².